The minimum atomic E-state index is -1.07. The Morgan fingerprint density at radius 2 is 0.933 bits per heavy atom. The second-order valence-electron chi connectivity index (χ2n) is 21.6. The van der Waals surface area contributed by atoms with Gasteiger partial charge < -0.3 is 14.5 Å². The van der Waals surface area contributed by atoms with Gasteiger partial charge >= 0.3 is 0 Å². The molecule has 1 heterocycles. The Morgan fingerprint density at radius 1 is 0.453 bits per heavy atom. The fourth-order valence-corrected chi connectivity index (χ4v) is 12.5. The fourth-order valence-electron chi connectivity index (χ4n) is 12.5. The third-order valence-electron chi connectivity index (χ3n) is 16.0. The molecule has 1 unspecified atom stereocenters. The van der Waals surface area contributed by atoms with E-state index in [1.54, 1.807) is 5.57 Å². The van der Waals surface area contributed by atoms with Gasteiger partial charge in [0.1, 0.15) is 5.75 Å². The SMILES string of the molecule is C=C1c2ccccc2OC2(c3cc(N(c4ccccc4)c4ccc5c(c4)C(C)(C)C4=C5C=CCC4)ccc31)c1ccccc1-c1ccc(N(c3ccccc3)c3ccc(-c4ccccc4C(C)(C)C)cc3)cc12.CC. The highest BCUT2D eigenvalue weighted by atomic mass is 16.5. The number of rotatable bonds is 7. The highest BCUT2D eigenvalue weighted by Gasteiger charge is 2.51. The summed E-state index contributed by atoms with van der Waals surface area (Å²) in [6, 6.07) is 77.8. The van der Waals surface area contributed by atoms with Gasteiger partial charge in [-0.2, -0.15) is 0 Å². The van der Waals surface area contributed by atoms with Crippen molar-refractivity contribution >= 4 is 45.3 Å². The molecule has 0 radical (unpaired) electrons. The van der Waals surface area contributed by atoms with Crippen molar-refractivity contribution in [1.82, 2.24) is 0 Å². The molecule has 1 aliphatic heterocycles. The Labute approximate surface area is 444 Å². The molecule has 0 N–H and O–H groups in total. The first-order chi connectivity index (χ1) is 36.5. The molecular weight excluding hydrogens is 909 g/mol. The lowest BCUT2D eigenvalue weighted by Crippen LogP contribution is -2.34. The molecule has 0 bridgehead atoms. The van der Waals surface area contributed by atoms with Gasteiger partial charge in [-0.25, -0.2) is 0 Å². The van der Waals surface area contributed by atoms with Crippen LogP contribution in [-0.4, -0.2) is 0 Å². The van der Waals surface area contributed by atoms with E-state index in [0.29, 0.717) is 0 Å². The molecule has 368 valence electrons. The van der Waals surface area contributed by atoms with Gasteiger partial charge in [0, 0.05) is 61.8 Å². The maximum atomic E-state index is 7.88. The predicted molar refractivity (Wildman–Crippen MR) is 317 cm³/mol. The van der Waals surface area contributed by atoms with E-state index in [9.17, 15) is 0 Å². The molecule has 3 aliphatic carbocycles. The van der Waals surface area contributed by atoms with Crippen molar-refractivity contribution in [1.29, 1.82) is 0 Å². The quantitative estimate of drug-likeness (QED) is 0.158. The number of hydrogen-bond donors (Lipinski definition) is 0. The van der Waals surface area contributed by atoms with E-state index in [1.165, 1.54) is 33.4 Å². The van der Waals surface area contributed by atoms with E-state index >= 15 is 0 Å². The summed E-state index contributed by atoms with van der Waals surface area (Å²) in [5.74, 6) is 0.802. The molecule has 1 atom stereocenters. The van der Waals surface area contributed by atoms with E-state index < -0.39 is 5.60 Å². The molecule has 9 aromatic carbocycles. The Hall–Kier alpha value is -8.40. The van der Waals surface area contributed by atoms with Gasteiger partial charge in [0.05, 0.1) is 0 Å². The highest BCUT2D eigenvalue weighted by Crippen LogP contribution is 2.59. The third kappa shape index (κ3) is 7.70. The van der Waals surface area contributed by atoms with Gasteiger partial charge in [-0.3, -0.25) is 0 Å². The largest absolute Gasteiger partial charge is 0.472 e. The van der Waals surface area contributed by atoms with Crippen LogP contribution < -0.4 is 14.5 Å². The van der Waals surface area contributed by atoms with Crippen molar-refractivity contribution < 1.29 is 4.74 Å². The van der Waals surface area contributed by atoms with Crippen LogP contribution in [0.2, 0.25) is 0 Å². The number of hydrogen-bond acceptors (Lipinski definition) is 3. The number of ether oxygens (including phenoxy) is 1. The van der Waals surface area contributed by atoms with Crippen LogP contribution in [0.3, 0.4) is 0 Å². The maximum Gasteiger partial charge on any atom is 0.186 e. The van der Waals surface area contributed by atoms with Gasteiger partial charge in [0.2, 0.25) is 0 Å². The van der Waals surface area contributed by atoms with Gasteiger partial charge in [-0.1, -0.05) is 206 Å². The molecule has 9 aromatic rings. The van der Waals surface area contributed by atoms with E-state index in [1.807, 2.05) is 13.8 Å². The fraction of sp³-hybridized carbons (Fsp3) is 0.167. The Bertz CT molecular complexity index is 3740. The molecule has 13 rings (SSSR count). The number of allylic oxidation sites excluding steroid dienone is 4. The van der Waals surface area contributed by atoms with Crippen LogP contribution in [0.5, 0.6) is 5.75 Å². The number of para-hydroxylation sites is 3. The minimum Gasteiger partial charge on any atom is -0.472 e. The average Bonchev–Trinajstić information content (AvgIpc) is 3.81. The molecule has 0 fully saturated rings. The standard InChI is InChI=1S/C70H58N2O.C2H6/c1-46-54-40-37-53(72(49-23-11-8-12-24-49)51-38-41-59-57-27-14-18-30-62(57)69(5,6)64(59)43-51)44-65(54)70(73-67-32-20-16-25-55(46)67)63-31-19-15-28-58(63)60-42-39-52(45-66(60)70)71(48-21-9-7-10-22-48)50-35-33-47(34-36-50)56-26-13-17-29-61(56)68(2,3)4;1-2/h7-17,19-29,31-45H,1,18,30H2,2-6H3;1-2H3. The summed E-state index contributed by atoms with van der Waals surface area (Å²) >= 11 is 0. The van der Waals surface area contributed by atoms with Crippen molar-refractivity contribution in [3.63, 3.8) is 0 Å². The smallest absolute Gasteiger partial charge is 0.186 e. The first-order valence-corrected chi connectivity index (χ1v) is 26.8. The van der Waals surface area contributed by atoms with Crippen molar-refractivity contribution in [3.05, 3.63) is 281 Å². The molecular formula is C72H64N2O. The summed E-state index contributed by atoms with van der Waals surface area (Å²) < 4.78 is 7.88. The van der Waals surface area contributed by atoms with Crippen LogP contribution in [0.1, 0.15) is 106 Å². The van der Waals surface area contributed by atoms with Crippen LogP contribution >= 0.6 is 0 Å². The van der Waals surface area contributed by atoms with E-state index in [-0.39, 0.29) is 10.8 Å². The Balaban J connectivity index is 0.00000281. The second-order valence-corrected chi connectivity index (χ2v) is 21.6. The average molecular weight is 973 g/mol. The lowest BCUT2D eigenvalue weighted by atomic mass is 9.78. The molecule has 0 saturated heterocycles. The van der Waals surface area contributed by atoms with Crippen molar-refractivity contribution in [3.8, 4) is 28.0 Å². The van der Waals surface area contributed by atoms with Crippen LogP contribution in [0, 0.1) is 0 Å². The van der Waals surface area contributed by atoms with Gasteiger partial charge in [0.25, 0.3) is 0 Å². The molecule has 0 aromatic heterocycles. The van der Waals surface area contributed by atoms with Gasteiger partial charge in [0.15, 0.2) is 5.60 Å². The Morgan fingerprint density at radius 3 is 1.59 bits per heavy atom. The minimum absolute atomic E-state index is 0.00342. The summed E-state index contributed by atoms with van der Waals surface area (Å²) in [5.41, 5.74) is 23.2. The molecule has 0 saturated carbocycles. The number of fused-ring (bicyclic) bond motifs is 10. The van der Waals surface area contributed by atoms with Crippen molar-refractivity contribution in [2.45, 2.75) is 77.7 Å². The molecule has 75 heavy (non-hydrogen) atoms. The molecule has 1 spiro atoms. The lowest BCUT2D eigenvalue weighted by Gasteiger charge is -2.36. The first kappa shape index (κ1) is 47.6. The van der Waals surface area contributed by atoms with Gasteiger partial charge in [-0.15, -0.1) is 0 Å². The highest BCUT2D eigenvalue weighted by molar-refractivity contribution is 5.94. The monoisotopic (exact) mass is 973 g/mol. The normalized spacial score (nSPS) is 16.3. The zero-order valence-corrected chi connectivity index (χ0v) is 44.3. The van der Waals surface area contributed by atoms with Crippen LogP contribution in [0.15, 0.2) is 237 Å². The van der Waals surface area contributed by atoms with Crippen molar-refractivity contribution in [2.24, 2.45) is 0 Å². The van der Waals surface area contributed by atoms with Crippen LogP contribution in [0.25, 0.3) is 33.4 Å². The molecule has 0 amide bonds. The lowest BCUT2D eigenvalue weighted by molar-refractivity contribution is 0.161. The second kappa shape index (κ2) is 18.5. The molecule has 3 heteroatoms. The zero-order valence-electron chi connectivity index (χ0n) is 44.3. The maximum absolute atomic E-state index is 7.88. The van der Waals surface area contributed by atoms with Crippen LogP contribution in [-0.2, 0) is 16.4 Å². The summed E-state index contributed by atoms with van der Waals surface area (Å²) in [5, 5.41) is 0. The van der Waals surface area contributed by atoms with E-state index in [2.05, 4.69) is 269 Å². The summed E-state index contributed by atoms with van der Waals surface area (Å²) in [7, 11) is 0. The van der Waals surface area contributed by atoms with E-state index in [0.717, 1.165) is 97.2 Å². The first-order valence-electron chi connectivity index (χ1n) is 26.8. The van der Waals surface area contributed by atoms with Crippen LogP contribution in [0.4, 0.5) is 34.1 Å². The molecule has 4 aliphatic rings. The predicted octanol–water partition coefficient (Wildman–Crippen LogP) is 19.7. The Kier molecular flexibility index (Phi) is 11.7. The van der Waals surface area contributed by atoms with Crippen molar-refractivity contribution in [2.75, 3.05) is 9.80 Å². The van der Waals surface area contributed by atoms with E-state index in [4.69, 9.17) is 11.3 Å². The summed E-state index contributed by atoms with van der Waals surface area (Å²) in [6.07, 6.45) is 6.87. The number of nitrogens with zero attached hydrogens (tertiary/aromatic N) is 2. The molecule has 3 nitrogen and oxygen atoms in total. The summed E-state index contributed by atoms with van der Waals surface area (Å²) in [6.45, 7) is 20.5. The van der Waals surface area contributed by atoms with Gasteiger partial charge in [-0.05, 0) is 153 Å². The third-order valence-corrected chi connectivity index (χ3v) is 16.0. The number of anilines is 6. The number of benzene rings is 9. The zero-order chi connectivity index (χ0) is 51.6. The summed E-state index contributed by atoms with van der Waals surface area (Å²) in [4.78, 5) is 4.81. The topological polar surface area (TPSA) is 15.7 Å².